The fraction of sp³-hybridized carbons (Fsp3) is 0.407. The number of nitrogens with zero attached hydrogens (tertiary/aromatic N) is 2. The number of hydrogen-bond acceptors (Lipinski definition) is 5. The first-order chi connectivity index (χ1) is 16.0. The molecule has 3 aromatic rings. The predicted molar refractivity (Wildman–Crippen MR) is 130 cm³/mol. The molecule has 0 fully saturated rings. The van der Waals surface area contributed by atoms with Gasteiger partial charge in [-0.05, 0) is 63.3 Å². The highest BCUT2D eigenvalue weighted by Crippen LogP contribution is 2.39. The zero-order chi connectivity index (χ0) is 23.4. The van der Waals surface area contributed by atoms with Crippen molar-refractivity contribution in [2.45, 2.75) is 38.6 Å². The Bertz CT molecular complexity index is 1180. The monoisotopic (exact) mass is 448 g/mol. The average Bonchev–Trinajstić information content (AvgIpc) is 3.09. The third kappa shape index (κ3) is 4.81. The van der Waals surface area contributed by atoms with Crippen LogP contribution in [-0.2, 0) is 0 Å². The molecule has 33 heavy (non-hydrogen) atoms. The van der Waals surface area contributed by atoms with Crippen LogP contribution in [0.15, 0.2) is 57.7 Å². The van der Waals surface area contributed by atoms with Crippen molar-refractivity contribution in [2.75, 3.05) is 33.8 Å². The molecule has 0 radical (unpaired) electrons. The van der Waals surface area contributed by atoms with Gasteiger partial charge in [-0.3, -0.25) is 9.59 Å². The summed E-state index contributed by atoms with van der Waals surface area (Å²) in [5, 5.41) is 0.496. The molecular formula is C27H32N2O4. The number of benzene rings is 2. The van der Waals surface area contributed by atoms with Gasteiger partial charge in [0.2, 0.25) is 5.76 Å². The van der Waals surface area contributed by atoms with E-state index in [1.165, 1.54) is 0 Å². The van der Waals surface area contributed by atoms with Gasteiger partial charge in [0, 0.05) is 6.54 Å². The molecule has 0 aliphatic carbocycles. The van der Waals surface area contributed by atoms with Gasteiger partial charge >= 0.3 is 0 Å². The van der Waals surface area contributed by atoms with E-state index >= 15 is 0 Å². The average molecular weight is 449 g/mol. The normalized spacial score (nSPS) is 15.5. The Morgan fingerprint density at radius 1 is 1.03 bits per heavy atom. The van der Waals surface area contributed by atoms with Crippen molar-refractivity contribution < 1.29 is 13.9 Å². The summed E-state index contributed by atoms with van der Waals surface area (Å²) >= 11 is 0. The van der Waals surface area contributed by atoms with E-state index in [0.717, 1.165) is 43.5 Å². The van der Waals surface area contributed by atoms with E-state index in [9.17, 15) is 9.59 Å². The number of unbranched alkanes of at least 4 members (excludes halogenated alkanes) is 2. The number of fused-ring (bicyclic) bond motifs is 2. The van der Waals surface area contributed by atoms with E-state index in [4.69, 9.17) is 9.15 Å². The summed E-state index contributed by atoms with van der Waals surface area (Å²) < 4.78 is 12.0. The Balaban J connectivity index is 1.74. The lowest BCUT2D eigenvalue weighted by Gasteiger charge is -2.26. The highest BCUT2D eigenvalue weighted by atomic mass is 16.5. The first-order valence-electron chi connectivity index (χ1n) is 11.8. The number of amides is 1. The third-order valence-electron chi connectivity index (χ3n) is 6.07. The first kappa shape index (κ1) is 23.1. The minimum atomic E-state index is -0.491. The molecule has 6 heteroatoms. The lowest BCUT2D eigenvalue weighted by molar-refractivity contribution is 0.0722. The summed E-state index contributed by atoms with van der Waals surface area (Å²) in [6.45, 7) is 4.19. The third-order valence-corrected chi connectivity index (χ3v) is 6.07. The van der Waals surface area contributed by atoms with Crippen molar-refractivity contribution in [3.63, 3.8) is 0 Å². The van der Waals surface area contributed by atoms with Crippen LogP contribution in [0.25, 0.3) is 11.0 Å². The Hall–Kier alpha value is -3.12. The molecule has 4 rings (SSSR count). The maximum atomic E-state index is 13.5. The number of hydrogen-bond donors (Lipinski definition) is 0. The molecule has 1 aromatic heterocycles. The second kappa shape index (κ2) is 10.2. The standard InChI is InChI=1S/C27H32N2O4/c1-4-5-8-17-32-20-12-9-11-19(18-20)24-23-25(30)21-13-6-7-14-22(21)33-26(23)27(31)29(24)16-10-15-28(2)3/h6-7,9,11-14,18,24H,4-5,8,10,15-17H2,1-3H3. The van der Waals surface area contributed by atoms with Gasteiger partial charge in [0.1, 0.15) is 11.3 Å². The van der Waals surface area contributed by atoms with E-state index in [-0.39, 0.29) is 17.1 Å². The van der Waals surface area contributed by atoms with Crippen LogP contribution in [-0.4, -0.2) is 49.5 Å². The summed E-state index contributed by atoms with van der Waals surface area (Å²) in [5.41, 5.74) is 1.58. The molecule has 0 saturated carbocycles. The summed E-state index contributed by atoms with van der Waals surface area (Å²) in [6, 6.07) is 14.4. The zero-order valence-electron chi connectivity index (χ0n) is 19.7. The molecule has 1 amide bonds. The second-order valence-corrected chi connectivity index (χ2v) is 8.86. The van der Waals surface area contributed by atoms with Crippen LogP contribution >= 0.6 is 0 Å². The van der Waals surface area contributed by atoms with E-state index < -0.39 is 6.04 Å². The van der Waals surface area contributed by atoms with Crippen LogP contribution in [0.2, 0.25) is 0 Å². The van der Waals surface area contributed by atoms with Crippen molar-refractivity contribution in [1.29, 1.82) is 0 Å². The quantitative estimate of drug-likeness (QED) is 0.415. The summed E-state index contributed by atoms with van der Waals surface area (Å²) in [5.74, 6) is 0.677. The number of ether oxygens (including phenoxy) is 1. The Kier molecular flexibility index (Phi) is 7.14. The van der Waals surface area contributed by atoms with Crippen LogP contribution in [0.4, 0.5) is 0 Å². The lowest BCUT2D eigenvalue weighted by Crippen LogP contribution is -2.32. The van der Waals surface area contributed by atoms with E-state index in [0.29, 0.717) is 29.7 Å². The summed E-state index contributed by atoms with van der Waals surface area (Å²) in [7, 11) is 4.02. The van der Waals surface area contributed by atoms with Gasteiger partial charge in [0.05, 0.1) is 23.6 Å². The van der Waals surface area contributed by atoms with Gasteiger partial charge < -0.3 is 19.0 Å². The van der Waals surface area contributed by atoms with Gasteiger partial charge in [0.25, 0.3) is 5.91 Å². The summed E-state index contributed by atoms with van der Waals surface area (Å²) in [6.07, 6.45) is 4.05. The molecular weight excluding hydrogens is 416 g/mol. The van der Waals surface area contributed by atoms with Crippen molar-refractivity contribution >= 4 is 16.9 Å². The van der Waals surface area contributed by atoms with Gasteiger partial charge in [-0.2, -0.15) is 0 Å². The maximum Gasteiger partial charge on any atom is 0.290 e. The molecule has 0 N–H and O–H groups in total. The van der Waals surface area contributed by atoms with Gasteiger partial charge in [-0.25, -0.2) is 0 Å². The van der Waals surface area contributed by atoms with Crippen LogP contribution in [0.1, 0.15) is 60.3 Å². The Morgan fingerprint density at radius 3 is 2.64 bits per heavy atom. The van der Waals surface area contributed by atoms with Gasteiger partial charge in [0.15, 0.2) is 5.43 Å². The highest BCUT2D eigenvalue weighted by molar-refractivity contribution is 5.99. The van der Waals surface area contributed by atoms with E-state index in [1.807, 2.05) is 50.5 Å². The molecule has 0 spiro atoms. The fourth-order valence-corrected chi connectivity index (χ4v) is 4.42. The van der Waals surface area contributed by atoms with Crippen molar-refractivity contribution in [1.82, 2.24) is 9.80 Å². The molecule has 174 valence electrons. The van der Waals surface area contributed by atoms with Gasteiger partial charge in [-0.1, -0.05) is 44.0 Å². The minimum Gasteiger partial charge on any atom is -0.494 e. The van der Waals surface area contributed by atoms with Crippen LogP contribution in [0.3, 0.4) is 0 Å². The van der Waals surface area contributed by atoms with E-state index in [1.54, 1.807) is 17.0 Å². The molecule has 1 unspecified atom stereocenters. The number of rotatable bonds is 10. The Labute approximate surface area is 194 Å². The topological polar surface area (TPSA) is 63.0 Å². The molecule has 0 bridgehead atoms. The minimum absolute atomic E-state index is 0.144. The summed E-state index contributed by atoms with van der Waals surface area (Å²) in [4.78, 5) is 30.8. The highest BCUT2D eigenvalue weighted by Gasteiger charge is 2.42. The van der Waals surface area contributed by atoms with Crippen LogP contribution in [0.5, 0.6) is 5.75 Å². The predicted octanol–water partition coefficient (Wildman–Crippen LogP) is 4.86. The molecule has 1 aliphatic rings. The molecule has 1 aliphatic heterocycles. The molecule has 0 saturated heterocycles. The smallest absolute Gasteiger partial charge is 0.290 e. The largest absolute Gasteiger partial charge is 0.494 e. The second-order valence-electron chi connectivity index (χ2n) is 8.86. The van der Waals surface area contributed by atoms with Crippen molar-refractivity contribution in [3.05, 3.63) is 75.6 Å². The van der Waals surface area contributed by atoms with Crippen LogP contribution in [0, 0.1) is 0 Å². The molecule has 2 aromatic carbocycles. The molecule has 6 nitrogen and oxygen atoms in total. The van der Waals surface area contributed by atoms with Gasteiger partial charge in [-0.15, -0.1) is 0 Å². The molecule has 2 heterocycles. The van der Waals surface area contributed by atoms with Crippen LogP contribution < -0.4 is 10.2 Å². The first-order valence-corrected chi connectivity index (χ1v) is 11.8. The Morgan fingerprint density at radius 2 is 1.85 bits per heavy atom. The zero-order valence-corrected chi connectivity index (χ0v) is 19.7. The number of para-hydroxylation sites is 1. The maximum absolute atomic E-state index is 13.5. The number of carbonyl (C=O) groups is 1. The van der Waals surface area contributed by atoms with Crippen molar-refractivity contribution in [2.24, 2.45) is 0 Å². The number of carbonyl (C=O) groups excluding carboxylic acids is 1. The lowest BCUT2D eigenvalue weighted by atomic mass is 9.98. The van der Waals surface area contributed by atoms with E-state index in [2.05, 4.69) is 11.8 Å². The van der Waals surface area contributed by atoms with Crippen molar-refractivity contribution in [3.8, 4) is 5.75 Å². The SMILES string of the molecule is CCCCCOc1cccc(C2c3c(oc4ccccc4c3=O)C(=O)N2CCCN(C)C)c1. The fourth-order valence-electron chi connectivity index (χ4n) is 4.42. The molecule has 1 atom stereocenters.